The van der Waals surface area contributed by atoms with Crippen LogP contribution < -0.4 is 5.32 Å². The van der Waals surface area contributed by atoms with E-state index in [1.54, 1.807) is 24.3 Å². The average Bonchev–Trinajstić information content (AvgIpc) is 2.33. The first-order valence-corrected chi connectivity index (χ1v) is 5.02. The van der Waals surface area contributed by atoms with Crippen molar-refractivity contribution in [1.82, 2.24) is 9.97 Å². The minimum Gasteiger partial charge on any atom is -0.324 e. The number of rotatable bonds is 3. The Labute approximate surface area is 101 Å². The molecule has 2 rings (SSSR count). The van der Waals surface area contributed by atoms with E-state index in [1.807, 2.05) is 0 Å². The smallest absolute Gasteiger partial charge is 0.305 e. The van der Waals surface area contributed by atoms with Gasteiger partial charge in [0.1, 0.15) is 12.4 Å². The van der Waals surface area contributed by atoms with Crippen molar-refractivity contribution in [3.8, 4) is 0 Å². The number of nitrogens with zero attached hydrogens (tertiary/aromatic N) is 3. The molecule has 7 heteroatoms. The Morgan fingerprint density at radius 2 is 1.76 bits per heavy atom. The molecule has 0 aliphatic heterocycles. The second-order valence-corrected chi connectivity index (χ2v) is 3.59. The number of hydrogen-bond acceptors (Lipinski definition) is 5. The fraction of sp³-hybridized carbons (Fsp3) is 0. The van der Waals surface area contributed by atoms with Gasteiger partial charge in [-0.15, -0.1) is 0 Å². The minimum atomic E-state index is -0.550. The molecule has 2 aromatic rings. The third-order valence-electron chi connectivity index (χ3n) is 1.95. The number of halogens is 1. The van der Waals surface area contributed by atoms with E-state index in [2.05, 4.69) is 15.3 Å². The topological polar surface area (TPSA) is 81.0 Å². The van der Waals surface area contributed by atoms with Gasteiger partial charge < -0.3 is 5.32 Å². The zero-order chi connectivity index (χ0) is 12.3. The van der Waals surface area contributed by atoms with Crippen molar-refractivity contribution in [3.63, 3.8) is 0 Å². The SMILES string of the molecule is O=[N+]([O-])c1cnc(Nc2ccc(Cl)cc2)nc1. The molecule has 1 aromatic carbocycles. The van der Waals surface area contributed by atoms with E-state index in [1.165, 1.54) is 0 Å². The predicted octanol–water partition coefficient (Wildman–Crippen LogP) is 2.78. The highest BCUT2D eigenvalue weighted by Crippen LogP contribution is 2.17. The van der Waals surface area contributed by atoms with Crippen LogP contribution in [0.5, 0.6) is 0 Å². The van der Waals surface area contributed by atoms with Crippen molar-refractivity contribution in [2.45, 2.75) is 0 Å². The monoisotopic (exact) mass is 250 g/mol. The molecule has 0 aliphatic carbocycles. The molecule has 1 heterocycles. The zero-order valence-corrected chi connectivity index (χ0v) is 9.26. The Hall–Kier alpha value is -2.21. The Bertz CT molecular complexity index is 527. The summed E-state index contributed by atoms with van der Waals surface area (Å²) < 4.78 is 0. The van der Waals surface area contributed by atoms with E-state index in [0.717, 1.165) is 18.1 Å². The summed E-state index contributed by atoms with van der Waals surface area (Å²) in [6.07, 6.45) is 2.29. The second-order valence-electron chi connectivity index (χ2n) is 3.15. The molecule has 0 spiro atoms. The van der Waals surface area contributed by atoms with Gasteiger partial charge in [-0.05, 0) is 24.3 Å². The molecular weight excluding hydrogens is 244 g/mol. The van der Waals surface area contributed by atoms with Crippen LogP contribution in [0.1, 0.15) is 0 Å². The van der Waals surface area contributed by atoms with E-state index in [0.29, 0.717) is 5.02 Å². The highest BCUT2D eigenvalue weighted by Gasteiger charge is 2.06. The van der Waals surface area contributed by atoms with Crippen molar-refractivity contribution < 1.29 is 4.92 Å². The van der Waals surface area contributed by atoms with Crippen LogP contribution in [-0.4, -0.2) is 14.9 Å². The first-order valence-electron chi connectivity index (χ1n) is 4.64. The Morgan fingerprint density at radius 1 is 1.18 bits per heavy atom. The van der Waals surface area contributed by atoms with Crippen molar-refractivity contribution in [2.75, 3.05) is 5.32 Å². The normalized spacial score (nSPS) is 9.94. The van der Waals surface area contributed by atoms with Crippen LogP contribution in [-0.2, 0) is 0 Å². The van der Waals surface area contributed by atoms with E-state index >= 15 is 0 Å². The van der Waals surface area contributed by atoms with E-state index in [9.17, 15) is 10.1 Å². The van der Waals surface area contributed by atoms with Gasteiger partial charge in [-0.1, -0.05) is 11.6 Å². The number of nitrogens with one attached hydrogen (secondary N) is 1. The molecule has 0 amide bonds. The third-order valence-corrected chi connectivity index (χ3v) is 2.20. The highest BCUT2D eigenvalue weighted by atomic mass is 35.5. The number of anilines is 2. The summed E-state index contributed by atoms with van der Waals surface area (Å²) in [5.74, 6) is 0.290. The van der Waals surface area contributed by atoms with Gasteiger partial charge >= 0.3 is 5.69 Å². The minimum absolute atomic E-state index is 0.147. The highest BCUT2D eigenvalue weighted by molar-refractivity contribution is 6.30. The molecule has 0 aliphatic rings. The van der Waals surface area contributed by atoms with Gasteiger partial charge in [0, 0.05) is 10.7 Å². The summed E-state index contributed by atoms with van der Waals surface area (Å²) in [5.41, 5.74) is 0.606. The van der Waals surface area contributed by atoms with Crippen LogP contribution in [0.25, 0.3) is 0 Å². The Balaban J connectivity index is 2.13. The number of hydrogen-bond donors (Lipinski definition) is 1. The quantitative estimate of drug-likeness (QED) is 0.669. The molecular formula is C10H7ClN4O2. The average molecular weight is 251 g/mol. The van der Waals surface area contributed by atoms with Gasteiger partial charge in [0.05, 0.1) is 4.92 Å². The van der Waals surface area contributed by atoms with Crippen molar-refractivity contribution in [3.05, 3.63) is 51.8 Å². The van der Waals surface area contributed by atoms with Crippen LogP contribution in [0.3, 0.4) is 0 Å². The molecule has 1 N–H and O–H groups in total. The van der Waals surface area contributed by atoms with Crippen LogP contribution in [0.4, 0.5) is 17.3 Å². The molecule has 0 unspecified atom stereocenters. The van der Waals surface area contributed by atoms with Gasteiger partial charge in [0.15, 0.2) is 0 Å². The van der Waals surface area contributed by atoms with Gasteiger partial charge in [0.25, 0.3) is 0 Å². The largest absolute Gasteiger partial charge is 0.324 e. The lowest BCUT2D eigenvalue weighted by atomic mass is 10.3. The fourth-order valence-corrected chi connectivity index (χ4v) is 1.27. The lowest BCUT2D eigenvalue weighted by Gasteiger charge is -2.03. The molecule has 17 heavy (non-hydrogen) atoms. The molecule has 1 aromatic heterocycles. The molecule has 86 valence electrons. The molecule has 0 saturated heterocycles. The summed E-state index contributed by atoms with van der Waals surface area (Å²) in [4.78, 5) is 17.5. The molecule has 0 fully saturated rings. The van der Waals surface area contributed by atoms with Gasteiger partial charge in [-0.3, -0.25) is 10.1 Å². The Morgan fingerprint density at radius 3 is 2.29 bits per heavy atom. The third kappa shape index (κ3) is 2.88. The molecule has 0 atom stereocenters. The zero-order valence-electron chi connectivity index (χ0n) is 8.50. The van der Waals surface area contributed by atoms with E-state index < -0.39 is 4.92 Å². The fourth-order valence-electron chi connectivity index (χ4n) is 1.14. The maximum atomic E-state index is 10.4. The van der Waals surface area contributed by atoms with Crippen molar-refractivity contribution in [2.24, 2.45) is 0 Å². The van der Waals surface area contributed by atoms with Crippen molar-refractivity contribution >= 4 is 28.9 Å². The number of benzene rings is 1. The first-order chi connectivity index (χ1) is 8.15. The standard InChI is InChI=1S/C10H7ClN4O2/c11-7-1-3-8(4-2-7)14-10-12-5-9(6-13-10)15(16)17/h1-6H,(H,12,13,14). The van der Waals surface area contributed by atoms with Gasteiger partial charge in [-0.25, -0.2) is 9.97 Å². The lowest BCUT2D eigenvalue weighted by Crippen LogP contribution is -1.98. The molecule has 0 bridgehead atoms. The predicted molar refractivity (Wildman–Crippen MR) is 63.4 cm³/mol. The molecule has 6 nitrogen and oxygen atoms in total. The van der Waals surface area contributed by atoms with Crippen LogP contribution in [0.15, 0.2) is 36.7 Å². The number of nitro groups is 1. The second kappa shape index (κ2) is 4.75. The maximum absolute atomic E-state index is 10.4. The van der Waals surface area contributed by atoms with Gasteiger partial charge in [-0.2, -0.15) is 0 Å². The van der Waals surface area contributed by atoms with Crippen LogP contribution in [0.2, 0.25) is 5.02 Å². The Kier molecular flexibility index (Phi) is 3.15. The summed E-state index contributed by atoms with van der Waals surface area (Å²) in [5, 5.41) is 13.9. The summed E-state index contributed by atoms with van der Waals surface area (Å²) in [6, 6.07) is 6.95. The van der Waals surface area contributed by atoms with Crippen molar-refractivity contribution in [1.29, 1.82) is 0 Å². The summed E-state index contributed by atoms with van der Waals surface area (Å²) in [6.45, 7) is 0. The van der Waals surface area contributed by atoms with Crippen LogP contribution >= 0.6 is 11.6 Å². The maximum Gasteiger partial charge on any atom is 0.305 e. The molecule has 0 saturated carbocycles. The van der Waals surface area contributed by atoms with E-state index in [-0.39, 0.29) is 11.6 Å². The number of aromatic nitrogens is 2. The van der Waals surface area contributed by atoms with E-state index in [4.69, 9.17) is 11.6 Å². The van der Waals surface area contributed by atoms with Crippen LogP contribution in [0, 0.1) is 10.1 Å². The first kappa shape index (κ1) is 11.3. The lowest BCUT2D eigenvalue weighted by molar-refractivity contribution is -0.385. The summed E-state index contributed by atoms with van der Waals surface area (Å²) in [7, 11) is 0. The van der Waals surface area contributed by atoms with Gasteiger partial charge in [0.2, 0.25) is 5.95 Å². The molecule has 0 radical (unpaired) electrons. The summed E-state index contributed by atoms with van der Waals surface area (Å²) >= 11 is 5.74.